The number of carbonyl (C=O) groups excluding carboxylic acids is 2. The summed E-state index contributed by atoms with van der Waals surface area (Å²) in [4.78, 5) is 40.1. The summed E-state index contributed by atoms with van der Waals surface area (Å²) in [6, 6.07) is 17.1. The van der Waals surface area contributed by atoms with Crippen LogP contribution in [0.5, 0.6) is 0 Å². The van der Waals surface area contributed by atoms with Crippen molar-refractivity contribution in [3.8, 4) is 11.1 Å². The highest BCUT2D eigenvalue weighted by Crippen LogP contribution is 2.44. The third kappa shape index (κ3) is 5.48. The van der Waals surface area contributed by atoms with E-state index < -0.39 is 18.1 Å². The van der Waals surface area contributed by atoms with E-state index in [9.17, 15) is 14.4 Å². The number of nitrogens with zero attached hydrogens (tertiary/aromatic N) is 1. The Bertz CT molecular complexity index is 1210. The SMILES string of the molecule is CC(C)C(CC(=O)Nc1cncc(C(=O)O)c1)NC(=O)OCC1c2ccccc2-c2ccccc21. The van der Waals surface area contributed by atoms with E-state index in [1.165, 1.54) is 18.5 Å². The summed E-state index contributed by atoms with van der Waals surface area (Å²) in [6.07, 6.45) is 1.98. The summed E-state index contributed by atoms with van der Waals surface area (Å²) in [5.74, 6) is -1.59. The van der Waals surface area contributed by atoms with Gasteiger partial charge in [-0.25, -0.2) is 9.59 Å². The molecule has 1 atom stereocenters. The first kappa shape index (κ1) is 23.9. The smallest absolute Gasteiger partial charge is 0.407 e. The number of aromatic nitrogens is 1. The number of nitrogens with one attached hydrogen (secondary N) is 2. The Balaban J connectivity index is 1.36. The van der Waals surface area contributed by atoms with Gasteiger partial charge in [-0.05, 0) is 34.2 Å². The average Bonchev–Trinajstić information content (AvgIpc) is 3.16. The van der Waals surface area contributed by atoms with Crippen molar-refractivity contribution in [3.63, 3.8) is 0 Å². The highest BCUT2D eigenvalue weighted by Gasteiger charge is 2.29. The topological polar surface area (TPSA) is 118 Å². The normalized spacial score (nSPS) is 13.0. The fourth-order valence-electron chi connectivity index (χ4n) is 4.28. The van der Waals surface area contributed by atoms with Crippen LogP contribution in [0.4, 0.5) is 10.5 Å². The minimum Gasteiger partial charge on any atom is -0.478 e. The highest BCUT2D eigenvalue weighted by molar-refractivity contribution is 5.93. The van der Waals surface area contributed by atoms with Crippen LogP contribution in [0.3, 0.4) is 0 Å². The molecule has 2 aromatic carbocycles. The van der Waals surface area contributed by atoms with Gasteiger partial charge in [0.05, 0.1) is 17.4 Å². The van der Waals surface area contributed by atoms with Crippen LogP contribution in [-0.2, 0) is 9.53 Å². The Labute approximate surface area is 203 Å². The van der Waals surface area contributed by atoms with Crippen molar-refractivity contribution in [2.45, 2.75) is 32.2 Å². The molecule has 1 aliphatic rings. The average molecular weight is 474 g/mol. The van der Waals surface area contributed by atoms with Crippen LogP contribution in [0.2, 0.25) is 0 Å². The van der Waals surface area contributed by atoms with Crippen LogP contribution >= 0.6 is 0 Å². The Morgan fingerprint density at radius 1 is 1.00 bits per heavy atom. The summed E-state index contributed by atoms with van der Waals surface area (Å²) < 4.78 is 5.61. The van der Waals surface area contributed by atoms with E-state index in [1.54, 1.807) is 0 Å². The third-order valence-electron chi connectivity index (χ3n) is 6.13. The Morgan fingerprint density at radius 3 is 2.23 bits per heavy atom. The van der Waals surface area contributed by atoms with Crippen LogP contribution in [0.1, 0.15) is 47.7 Å². The molecule has 8 heteroatoms. The van der Waals surface area contributed by atoms with Gasteiger partial charge < -0.3 is 20.5 Å². The summed E-state index contributed by atoms with van der Waals surface area (Å²) in [7, 11) is 0. The number of ether oxygens (including phenoxy) is 1. The van der Waals surface area contributed by atoms with Gasteiger partial charge in [0.1, 0.15) is 6.61 Å². The minimum absolute atomic E-state index is 0.000832. The zero-order chi connectivity index (χ0) is 24.9. The second-order valence-electron chi connectivity index (χ2n) is 8.84. The number of aromatic carboxylic acids is 1. The van der Waals surface area contributed by atoms with Gasteiger partial charge in [0, 0.05) is 24.6 Å². The summed E-state index contributed by atoms with van der Waals surface area (Å²) in [5.41, 5.74) is 4.79. The molecule has 180 valence electrons. The molecule has 1 aliphatic carbocycles. The Morgan fingerprint density at radius 2 is 1.63 bits per heavy atom. The second-order valence-corrected chi connectivity index (χ2v) is 8.84. The molecular weight excluding hydrogens is 446 g/mol. The van der Waals surface area contributed by atoms with Gasteiger partial charge in [0.15, 0.2) is 0 Å². The van der Waals surface area contributed by atoms with Crippen molar-refractivity contribution < 1.29 is 24.2 Å². The first-order valence-electron chi connectivity index (χ1n) is 11.4. The van der Waals surface area contributed by atoms with Gasteiger partial charge in [0.2, 0.25) is 5.91 Å². The van der Waals surface area contributed by atoms with Crippen molar-refractivity contribution >= 4 is 23.7 Å². The van der Waals surface area contributed by atoms with Crippen molar-refractivity contribution in [1.29, 1.82) is 0 Å². The maximum absolute atomic E-state index is 12.7. The lowest BCUT2D eigenvalue weighted by Gasteiger charge is -2.22. The number of carboxylic acid groups (broad SMARTS) is 1. The number of hydrogen-bond donors (Lipinski definition) is 3. The summed E-state index contributed by atoms with van der Waals surface area (Å²) in [5, 5.41) is 14.5. The van der Waals surface area contributed by atoms with Crippen molar-refractivity contribution in [3.05, 3.63) is 83.7 Å². The van der Waals surface area contributed by atoms with Gasteiger partial charge in [-0.3, -0.25) is 9.78 Å². The minimum atomic E-state index is -1.13. The molecule has 4 rings (SSSR count). The number of fused-ring (bicyclic) bond motifs is 3. The first-order chi connectivity index (χ1) is 16.8. The van der Waals surface area contributed by atoms with E-state index in [2.05, 4.69) is 39.9 Å². The summed E-state index contributed by atoms with van der Waals surface area (Å²) in [6.45, 7) is 3.98. The molecule has 1 unspecified atom stereocenters. The van der Waals surface area contributed by atoms with Gasteiger partial charge in [-0.1, -0.05) is 62.4 Å². The van der Waals surface area contributed by atoms with Gasteiger partial charge in [-0.2, -0.15) is 0 Å². The molecule has 0 fully saturated rings. The molecule has 1 aromatic heterocycles. The maximum Gasteiger partial charge on any atom is 0.407 e. The number of carbonyl (C=O) groups is 3. The molecule has 2 amide bonds. The third-order valence-corrected chi connectivity index (χ3v) is 6.13. The second kappa shape index (κ2) is 10.4. The van der Waals surface area contributed by atoms with Crippen LogP contribution in [-0.4, -0.2) is 40.7 Å². The molecule has 3 N–H and O–H groups in total. The van der Waals surface area contributed by atoms with Crippen LogP contribution in [0.15, 0.2) is 67.0 Å². The van der Waals surface area contributed by atoms with E-state index >= 15 is 0 Å². The fourth-order valence-corrected chi connectivity index (χ4v) is 4.28. The number of pyridine rings is 1. The van der Waals surface area contributed by atoms with Crippen molar-refractivity contribution in [2.75, 3.05) is 11.9 Å². The zero-order valence-electron chi connectivity index (χ0n) is 19.5. The predicted octanol–water partition coefficient (Wildman–Crippen LogP) is 4.67. The molecule has 0 aliphatic heterocycles. The molecule has 0 spiro atoms. The molecule has 35 heavy (non-hydrogen) atoms. The van der Waals surface area contributed by atoms with E-state index in [-0.39, 0.29) is 42.0 Å². The van der Waals surface area contributed by atoms with E-state index in [0.717, 1.165) is 22.3 Å². The maximum atomic E-state index is 12.7. The molecule has 0 bridgehead atoms. The number of benzene rings is 2. The molecule has 1 heterocycles. The standard InChI is InChI=1S/C27H27N3O5/c1-16(2)24(12-25(31)29-18-11-17(26(32)33)13-28-14-18)30-27(34)35-15-23-21-9-5-3-7-19(21)20-8-4-6-10-22(20)23/h3-11,13-14,16,23-24H,12,15H2,1-2H3,(H,29,31)(H,30,34)(H,32,33). The predicted molar refractivity (Wildman–Crippen MR) is 131 cm³/mol. The number of amides is 2. The van der Waals surface area contributed by atoms with Crippen LogP contribution in [0.25, 0.3) is 11.1 Å². The molecule has 0 saturated carbocycles. The number of hydrogen-bond acceptors (Lipinski definition) is 5. The number of alkyl carbamates (subject to hydrolysis) is 1. The molecular formula is C27H27N3O5. The molecule has 0 saturated heterocycles. The van der Waals surface area contributed by atoms with E-state index in [4.69, 9.17) is 9.84 Å². The van der Waals surface area contributed by atoms with E-state index in [1.807, 2.05) is 38.1 Å². The summed E-state index contributed by atoms with van der Waals surface area (Å²) >= 11 is 0. The lowest BCUT2D eigenvalue weighted by molar-refractivity contribution is -0.116. The molecule has 3 aromatic rings. The van der Waals surface area contributed by atoms with Crippen LogP contribution < -0.4 is 10.6 Å². The molecule has 8 nitrogen and oxygen atoms in total. The Hall–Kier alpha value is -4.20. The van der Waals surface area contributed by atoms with Crippen molar-refractivity contribution in [2.24, 2.45) is 5.92 Å². The largest absolute Gasteiger partial charge is 0.478 e. The van der Waals surface area contributed by atoms with Gasteiger partial charge >= 0.3 is 12.1 Å². The zero-order valence-corrected chi connectivity index (χ0v) is 19.5. The van der Waals surface area contributed by atoms with Crippen molar-refractivity contribution in [1.82, 2.24) is 10.3 Å². The monoisotopic (exact) mass is 473 g/mol. The Kier molecular flexibility index (Phi) is 7.10. The highest BCUT2D eigenvalue weighted by atomic mass is 16.5. The first-order valence-corrected chi connectivity index (χ1v) is 11.4. The fraction of sp³-hybridized carbons (Fsp3) is 0.259. The van der Waals surface area contributed by atoms with E-state index in [0.29, 0.717) is 0 Å². The number of carboxylic acids is 1. The van der Waals surface area contributed by atoms with Gasteiger partial charge in [0.25, 0.3) is 0 Å². The number of anilines is 1. The molecule has 0 radical (unpaired) electrons. The number of rotatable bonds is 8. The lowest BCUT2D eigenvalue weighted by Crippen LogP contribution is -2.41. The van der Waals surface area contributed by atoms with Crippen LogP contribution in [0, 0.1) is 5.92 Å². The quantitative estimate of drug-likeness (QED) is 0.438. The van der Waals surface area contributed by atoms with Gasteiger partial charge in [-0.15, -0.1) is 0 Å². The lowest BCUT2D eigenvalue weighted by atomic mass is 9.98.